The quantitative estimate of drug-likeness (QED) is 0.599. The third-order valence-electron chi connectivity index (χ3n) is 3.84. The minimum Gasteiger partial charge on any atom is -0.497 e. The van der Waals surface area contributed by atoms with E-state index in [9.17, 15) is 9.59 Å². The van der Waals surface area contributed by atoms with Crippen molar-refractivity contribution in [1.82, 2.24) is 16.0 Å². The predicted octanol–water partition coefficient (Wildman–Crippen LogP) is 2.22. The molecule has 0 radical (unpaired) electrons. The van der Waals surface area contributed by atoms with Gasteiger partial charge in [-0.2, -0.15) is 0 Å². The normalized spacial score (nSPS) is 11.5. The maximum absolute atomic E-state index is 11.9. The summed E-state index contributed by atoms with van der Waals surface area (Å²) in [6.45, 7) is 2.45. The molecule has 2 rings (SSSR count). The van der Waals surface area contributed by atoms with Crippen LogP contribution in [-0.2, 0) is 17.8 Å². The van der Waals surface area contributed by atoms with Crippen LogP contribution in [0.1, 0.15) is 24.7 Å². The van der Waals surface area contributed by atoms with Crippen LogP contribution in [0.3, 0.4) is 0 Å². The molecule has 0 saturated carbocycles. The zero-order chi connectivity index (χ0) is 18.8. The first kappa shape index (κ1) is 19.4. The zero-order valence-electron chi connectivity index (χ0n) is 15.1. The van der Waals surface area contributed by atoms with Crippen LogP contribution in [0.5, 0.6) is 5.75 Å². The van der Waals surface area contributed by atoms with Crippen LogP contribution in [-0.4, -0.2) is 31.6 Å². The summed E-state index contributed by atoms with van der Waals surface area (Å²) < 4.78 is 10.3. The number of rotatable bonds is 9. The van der Waals surface area contributed by atoms with Gasteiger partial charge < -0.3 is 25.1 Å². The highest BCUT2D eigenvalue weighted by molar-refractivity contribution is 5.86. The molecule has 2 aromatic rings. The van der Waals surface area contributed by atoms with E-state index in [0.29, 0.717) is 18.8 Å². The molecule has 7 heteroatoms. The van der Waals surface area contributed by atoms with Crippen molar-refractivity contribution in [3.05, 3.63) is 54.0 Å². The lowest BCUT2D eigenvalue weighted by molar-refractivity contribution is -0.122. The monoisotopic (exact) mass is 359 g/mol. The molecule has 1 aromatic carbocycles. The van der Waals surface area contributed by atoms with Gasteiger partial charge in [-0.1, -0.05) is 12.1 Å². The fraction of sp³-hybridized carbons (Fsp3) is 0.368. The highest BCUT2D eigenvalue weighted by atomic mass is 16.5. The number of amides is 3. The first-order valence-electron chi connectivity index (χ1n) is 8.56. The van der Waals surface area contributed by atoms with Crippen LogP contribution in [0.2, 0.25) is 0 Å². The van der Waals surface area contributed by atoms with Gasteiger partial charge in [0.2, 0.25) is 5.91 Å². The van der Waals surface area contributed by atoms with Crippen molar-refractivity contribution in [2.45, 2.75) is 32.4 Å². The third-order valence-corrected chi connectivity index (χ3v) is 3.84. The fourth-order valence-electron chi connectivity index (χ4n) is 2.34. The number of urea groups is 1. The molecule has 0 bridgehead atoms. The van der Waals surface area contributed by atoms with E-state index in [4.69, 9.17) is 9.15 Å². The lowest BCUT2D eigenvalue weighted by Crippen LogP contribution is -2.48. The van der Waals surface area contributed by atoms with Crippen LogP contribution < -0.4 is 20.7 Å². The molecular formula is C19H25N3O4. The Balaban J connectivity index is 1.60. The third kappa shape index (κ3) is 6.51. The van der Waals surface area contributed by atoms with Crippen molar-refractivity contribution in [1.29, 1.82) is 0 Å². The Morgan fingerprint density at radius 1 is 1.15 bits per heavy atom. The summed E-state index contributed by atoms with van der Waals surface area (Å²) in [4.78, 5) is 23.8. The molecule has 1 unspecified atom stereocenters. The van der Waals surface area contributed by atoms with E-state index in [1.165, 1.54) is 5.56 Å². The summed E-state index contributed by atoms with van der Waals surface area (Å²) in [5, 5.41) is 8.07. The molecule has 0 spiro atoms. The van der Waals surface area contributed by atoms with Crippen LogP contribution in [0.25, 0.3) is 0 Å². The summed E-state index contributed by atoms with van der Waals surface area (Å²) in [7, 11) is 1.63. The van der Waals surface area contributed by atoms with E-state index >= 15 is 0 Å². The molecule has 0 aliphatic carbocycles. The zero-order valence-corrected chi connectivity index (χ0v) is 15.1. The fourth-order valence-corrected chi connectivity index (χ4v) is 2.34. The van der Waals surface area contributed by atoms with Crippen molar-refractivity contribution >= 4 is 11.9 Å². The predicted molar refractivity (Wildman–Crippen MR) is 97.9 cm³/mol. The maximum atomic E-state index is 11.9. The Kier molecular flexibility index (Phi) is 7.54. The van der Waals surface area contributed by atoms with Crippen molar-refractivity contribution < 1.29 is 18.7 Å². The number of hydrogen-bond acceptors (Lipinski definition) is 4. The van der Waals surface area contributed by atoms with Gasteiger partial charge in [-0.3, -0.25) is 4.79 Å². The van der Waals surface area contributed by atoms with Crippen LogP contribution in [0.15, 0.2) is 47.1 Å². The van der Waals surface area contributed by atoms with Gasteiger partial charge in [0.25, 0.3) is 0 Å². The van der Waals surface area contributed by atoms with E-state index in [1.807, 2.05) is 24.3 Å². The lowest BCUT2D eigenvalue weighted by Gasteiger charge is -2.14. The van der Waals surface area contributed by atoms with Crippen molar-refractivity contribution in [2.75, 3.05) is 13.7 Å². The smallest absolute Gasteiger partial charge is 0.315 e. The summed E-state index contributed by atoms with van der Waals surface area (Å²) >= 11 is 0. The number of aryl methyl sites for hydroxylation is 1. The van der Waals surface area contributed by atoms with Gasteiger partial charge in [-0.25, -0.2) is 4.79 Å². The molecule has 0 aliphatic heterocycles. The number of carbonyl (C=O) groups excluding carboxylic acids is 2. The molecule has 3 N–H and O–H groups in total. The van der Waals surface area contributed by atoms with E-state index in [2.05, 4.69) is 16.0 Å². The molecule has 0 fully saturated rings. The Morgan fingerprint density at radius 3 is 2.58 bits per heavy atom. The minimum atomic E-state index is -0.633. The highest BCUT2D eigenvalue weighted by Crippen LogP contribution is 2.12. The van der Waals surface area contributed by atoms with E-state index in [1.54, 1.807) is 32.4 Å². The number of carbonyl (C=O) groups is 2. The number of nitrogens with one attached hydrogen (secondary N) is 3. The van der Waals surface area contributed by atoms with Crippen LogP contribution in [0, 0.1) is 0 Å². The second kappa shape index (κ2) is 10.1. The number of benzene rings is 1. The van der Waals surface area contributed by atoms with Gasteiger partial charge >= 0.3 is 6.03 Å². The van der Waals surface area contributed by atoms with Gasteiger partial charge in [-0.05, 0) is 49.6 Å². The summed E-state index contributed by atoms with van der Waals surface area (Å²) in [5.74, 6) is 1.22. The molecule has 1 heterocycles. The van der Waals surface area contributed by atoms with Gasteiger partial charge in [-0.15, -0.1) is 0 Å². The van der Waals surface area contributed by atoms with Gasteiger partial charge in [0.15, 0.2) is 0 Å². The van der Waals surface area contributed by atoms with Crippen molar-refractivity contribution in [3.8, 4) is 5.75 Å². The van der Waals surface area contributed by atoms with E-state index in [-0.39, 0.29) is 11.9 Å². The summed E-state index contributed by atoms with van der Waals surface area (Å²) in [6, 6.07) is 10.4. The molecule has 0 saturated heterocycles. The van der Waals surface area contributed by atoms with Crippen molar-refractivity contribution in [2.24, 2.45) is 0 Å². The van der Waals surface area contributed by atoms with Gasteiger partial charge in [0.05, 0.1) is 19.9 Å². The standard InChI is InChI=1S/C19H25N3O4/c1-14(18(23)21-13-17-6-4-12-26-17)22-19(24)20-11-3-5-15-7-9-16(25-2)10-8-15/h4,6-10,12,14H,3,5,11,13H2,1-2H3,(H,21,23)(H2,20,22,24). The highest BCUT2D eigenvalue weighted by Gasteiger charge is 2.15. The molecule has 140 valence electrons. The molecule has 1 atom stereocenters. The number of hydrogen-bond donors (Lipinski definition) is 3. The average molecular weight is 359 g/mol. The molecule has 7 nitrogen and oxygen atoms in total. The second-order valence-electron chi connectivity index (χ2n) is 5.87. The van der Waals surface area contributed by atoms with Gasteiger partial charge in [0, 0.05) is 6.54 Å². The Labute approximate surface area is 153 Å². The molecule has 0 aliphatic rings. The first-order chi connectivity index (χ1) is 12.6. The summed E-state index contributed by atoms with van der Waals surface area (Å²) in [5.41, 5.74) is 1.18. The van der Waals surface area contributed by atoms with Gasteiger partial charge in [0.1, 0.15) is 17.6 Å². The minimum absolute atomic E-state index is 0.269. The number of methoxy groups -OCH3 is 1. The molecular weight excluding hydrogens is 334 g/mol. The summed E-state index contributed by atoms with van der Waals surface area (Å²) in [6.07, 6.45) is 3.20. The Morgan fingerprint density at radius 2 is 1.92 bits per heavy atom. The molecule has 3 amide bonds. The number of furan rings is 1. The molecule has 1 aromatic heterocycles. The largest absolute Gasteiger partial charge is 0.497 e. The van der Waals surface area contributed by atoms with Crippen LogP contribution in [0.4, 0.5) is 4.79 Å². The Bertz CT molecular complexity index is 683. The SMILES string of the molecule is COc1ccc(CCCNC(=O)NC(C)C(=O)NCc2ccco2)cc1. The lowest BCUT2D eigenvalue weighted by atomic mass is 10.1. The molecule has 26 heavy (non-hydrogen) atoms. The topological polar surface area (TPSA) is 92.6 Å². The Hall–Kier alpha value is -2.96. The second-order valence-corrected chi connectivity index (χ2v) is 5.87. The maximum Gasteiger partial charge on any atom is 0.315 e. The van der Waals surface area contributed by atoms with Crippen LogP contribution >= 0.6 is 0 Å². The first-order valence-corrected chi connectivity index (χ1v) is 8.56. The van der Waals surface area contributed by atoms with E-state index in [0.717, 1.165) is 18.6 Å². The van der Waals surface area contributed by atoms with E-state index < -0.39 is 6.04 Å². The number of ether oxygens (including phenoxy) is 1. The average Bonchev–Trinajstić information content (AvgIpc) is 3.17. The van der Waals surface area contributed by atoms with Crippen molar-refractivity contribution in [3.63, 3.8) is 0 Å².